The molecule has 1 aliphatic heterocycles. The third-order valence-electron chi connectivity index (χ3n) is 3.80. The molecule has 0 atom stereocenters. The van der Waals surface area contributed by atoms with Crippen molar-refractivity contribution in [2.75, 3.05) is 6.79 Å². The molecule has 134 valence electrons. The maximum atomic E-state index is 11.8. The van der Waals surface area contributed by atoms with Crippen LogP contribution in [0.1, 0.15) is 30.9 Å². The Bertz CT molecular complexity index is 832. The van der Waals surface area contributed by atoms with Crippen molar-refractivity contribution < 1.29 is 14.4 Å². The van der Waals surface area contributed by atoms with Gasteiger partial charge in [0.25, 0.3) is 5.69 Å². The van der Waals surface area contributed by atoms with E-state index in [0.717, 1.165) is 12.8 Å². The molecule has 0 radical (unpaired) electrons. The number of aromatic nitrogens is 3. The molecule has 1 N–H and O–H groups in total. The number of non-ortho nitro benzene ring substituents is 1. The minimum Gasteiger partial charge on any atom is -0.467 e. The van der Waals surface area contributed by atoms with E-state index in [1.807, 2.05) is 6.92 Å². The minimum absolute atomic E-state index is 0.00569. The Hall–Kier alpha value is -2.33. The number of thioether (sulfide) groups is 1. The fourth-order valence-electron chi connectivity index (χ4n) is 2.56. The second kappa shape index (κ2) is 7.70. The van der Waals surface area contributed by atoms with Crippen LogP contribution in [0, 0.1) is 10.1 Å². The number of aromatic amines is 1. The van der Waals surface area contributed by atoms with E-state index >= 15 is 0 Å². The first kappa shape index (κ1) is 17.5. The predicted molar refractivity (Wildman–Crippen MR) is 90.7 cm³/mol. The summed E-state index contributed by atoms with van der Waals surface area (Å²) in [6.45, 7) is 3.03. The van der Waals surface area contributed by atoms with Crippen LogP contribution in [-0.4, -0.2) is 26.5 Å². The van der Waals surface area contributed by atoms with Crippen molar-refractivity contribution >= 4 is 17.4 Å². The lowest BCUT2D eigenvalue weighted by molar-refractivity contribution is -0.385. The van der Waals surface area contributed by atoms with Crippen LogP contribution >= 0.6 is 11.8 Å². The topological polar surface area (TPSA) is 112 Å². The lowest BCUT2D eigenvalue weighted by atomic mass is 10.1. The molecule has 1 aliphatic rings. The molecule has 0 unspecified atom stereocenters. The van der Waals surface area contributed by atoms with Crippen molar-refractivity contribution in [3.8, 4) is 5.75 Å². The molecule has 0 bridgehead atoms. The Morgan fingerprint density at radius 2 is 2.32 bits per heavy atom. The number of nitro benzene ring substituents is 1. The molecular weight excluding hydrogens is 348 g/mol. The largest absolute Gasteiger partial charge is 0.467 e. The number of hydrogen-bond acceptors (Lipinski definition) is 7. The van der Waals surface area contributed by atoms with E-state index in [4.69, 9.17) is 9.47 Å². The van der Waals surface area contributed by atoms with Gasteiger partial charge in [-0.15, -0.1) is 5.10 Å². The molecule has 0 amide bonds. The number of nitrogens with one attached hydrogen (secondary N) is 1. The van der Waals surface area contributed by atoms with E-state index in [2.05, 4.69) is 10.2 Å². The van der Waals surface area contributed by atoms with Crippen molar-refractivity contribution in [1.82, 2.24) is 14.8 Å². The molecule has 0 saturated carbocycles. The summed E-state index contributed by atoms with van der Waals surface area (Å²) in [5.74, 6) is 1.02. The number of rotatable bonds is 7. The lowest BCUT2D eigenvalue weighted by Crippen LogP contribution is -2.17. The maximum absolute atomic E-state index is 11.8. The van der Waals surface area contributed by atoms with Crippen LogP contribution in [0.4, 0.5) is 5.69 Å². The fraction of sp³-hybridized carbons (Fsp3) is 0.467. The Morgan fingerprint density at radius 1 is 1.48 bits per heavy atom. The van der Waals surface area contributed by atoms with Crippen molar-refractivity contribution in [3.63, 3.8) is 0 Å². The normalized spacial score (nSPS) is 13.3. The first-order chi connectivity index (χ1) is 12.1. The number of ether oxygens (including phenoxy) is 2. The molecule has 10 heteroatoms. The highest BCUT2D eigenvalue weighted by atomic mass is 32.2. The SMILES string of the molecule is CCCCn1c(SCc2cc([N+](=O)[O-])cc3c2OCOC3)n[nH]c1=O. The highest BCUT2D eigenvalue weighted by molar-refractivity contribution is 7.98. The van der Waals surface area contributed by atoms with Gasteiger partial charge in [-0.3, -0.25) is 14.7 Å². The molecule has 2 aromatic rings. The van der Waals surface area contributed by atoms with Crippen molar-refractivity contribution in [1.29, 1.82) is 0 Å². The fourth-order valence-corrected chi connectivity index (χ4v) is 3.50. The molecule has 1 aromatic carbocycles. The van der Waals surface area contributed by atoms with Crippen molar-refractivity contribution in [2.24, 2.45) is 0 Å². The maximum Gasteiger partial charge on any atom is 0.343 e. The molecule has 0 saturated heterocycles. The minimum atomic E-state index is -0.436. The number of nitro groups is 1. The van der Waals surface area contributed by atoms with Gasteiger partial charge in [-0.2, -0.15) is 0 Å². The lowest BCUT2D eigenvalue weighted by Gasteiger charge is -2.20. The first-order valence-electron chi connectivity index (χ1n) is 7.89. The van der Waals surface area contributed by atoms with Gasteiger partial charge in [-0.25, -0.2) is 9.89 Å². The highest BCUT2D eigenvalue weighted by Gasteiger charge is 2.21. The zero-order valence-corrected chi connectivity index (χ0v) is 14.5. The van der Waals surface area contributed by atoms with Crippen LogP contribution < -0.4 is 10.4 Å². The first-order valence-corrected chi connectivity index (χ1v) is 8.87. The standard InChI is InChI=1S/C15H18N4O5S/c1-2-3-4-18-14(20)16-17-15(18)25-8-11-6-12(19(21)22)5-10-7-23-9-24-13(10)11/h5-6H,2-4,7-9H2,1H3,(H,16,20). The summed E-state index contributed by atoms with van der Waals surface area (Å²) in [7, 11) is 0. The molecule has 0 fully saturated rings. The Labute approximate surface area is 147 Å². The Morgan fingerprint density at radius 3 is 3.08 bits per heavy atom. The highest BCUT2D eigenvalue weighted by Crippen LogP contribution is 2.35. The summed E-state index contributed by atoms with van der Waals surface area (Å²) >= 11 is 1.34. The van der Waals surface area contributed by atoms with E-state index in [1.54, 1.807) is 4.57 Å². The van der Waals surface area contributed by atoms with Crippen LogP contribution in [0.5, 0.6) is 5.75 Å². The summed E-state index contributed by atoms with van der Waals surface area (Å²) in [6, 6.07) is 2.96. The summed E-state index contributed by atoms with van der Waals surface area (Å²) in [6.07, 6.45) is 1.84. The zero-order valence-electron chi connectivity index (χ0n) is 13.7. The number of benzene rings is 1. The van der Waals surface area contributed by atoms with Crippen LogP contribution in [0.15, 0.2) is 22.1 Å². The molecule has 0 spiro atoms. The quantitative estimate of drug-likeness (QED) is 0.455. The van der Waals surface area contributed by atoms with Gasteiger partial charge in [0.05, 0.1) is 11.5 Å². The number of H-pyrrole nitrogens is 1. The third kappa shape index (κ3) is 3.85. The van der Waals surface area contributed by atoms with Gasteiger partial charge in [-0.1, -0.05) is 25.1 Å². The Kier molecular flexibility index (Phi) is 5.39. The van der Waals surface area contributed by atoms with Crippen LogP contribution in [0.3, 0.4) is 0 Å². The van der Waals surface area contributed by atoms with Crippen LogP contribution in [0.2, 0.25) is 0 Å². The summed E-state index contributed by atoms with van der Waals surface area (Å²) in [5, 5.41) is 18.2. The average molecular weight is 366 g/mol. The monoisotopic (exact) mass is 366 g/mol. The van der Waals surface area contributed by atoms with Gasteiger partial charge < -0.3 is 9.47 Å². The molecule has 0 aliphatic carbocycles. The average Bonchev–Trinajstić information content (AvgIpc) is 2.97. The molecule has 1 aromatic heterocycles. The second-order valence-corrected chi connectivity index (χ2v) is 6.51. The number of fused-ring (bicyclic) bond motifs is 1. The molecule has 9 nitrogen and oxygen atoms in total. The summed E-state index contributed by atoms with van der Waals surface area (Å²) < 4.78 is 12.3. The van der Waals surface area contributed by atoms with Crippen LogP contribution in [0.25, 0.3) is 0 Å². The van der Waals surface area contributed by atoms with Crippen molar-refractivity contribution in [3.05, 3.63) is 43.9 Å². The van der Waals surface area contributed by atoms with Gasteiger partial charge in [-0.05, 0) is 6.42 Å². The number of unbranched alkanes of at least 4 members (excludes halogenated alkanes) is 1. The Balaban J connectivity index is 1.85. The number of nitrogens with zero attached hydrogens (tertiary/aromatic N) is 3. The van der Waals surface area contributed by atoms with E-state index in [0.29, 0.717) is 34.3 Å². The molecular formula is C15H18N4O5S. The van der Waals surface area contributed by atoms with Gasteiger partial charge in [0.2, 0.25) is 0 Å². The van der Waals surface area contributed by atoms with E-state index < -0.39 is 4.92 Å². The van der Waals surface area contributed by atoms with Gasteiger partial charge in [0.15, 0.2) is 11.9 Å². The summed E-state index contributed by atoms with van der Waals surface area (Å²) in [4.78, 5) is 22.5. The van der Waals surface area contributed by atoms with Gasteiger partial charge in [0, 0.05) is 35.6 Å². The third-order valence-corrected chi connectivity index (χ3v) is 4.82. The van der Waals surface area contributed by atoms with E-state index in [-0.39, 0.29) is 24.8 Å². The van der Waals surface area contributed by atoms with Gasteiger partial charge >= 0.3 is 5.69 Å². The molecule has 25 heavy (non-hydrogen) atoms. The second-order valence-electron chi connectivity index (χ2n) is 5.57. The molecule has 3 rings (SSSR count). The van der Waals surface area contributed by atoms with E-state index in [9.17, 15) is 14.9 Å². The van der Waals surface area contributed by atoms with Crippen LogP contribution in [-0.2, 0) is 23.6 Å². The van der Waals surface area contributed by atoms with E-state index in [1.165, 1.54) is 23.9 Å². The van der Waals surface area contributed by atoms with Gasteiger partial charge in [0.1, 0.15) is 5.75 Å². The predicted octanol–water partition coefficient (Wildman–Crippen LogP) is 2.44. The summed E-state index contributed by atoms with van der Waals surface area (Å²) in [5.41, 5.74) is 1.09. The number of hydrogen-bond donors (Lipinski definition) is 1. The molecule has 2 heterocycles. The smallest absolute Gasteiger partial charge is 0.343 e. The zero-order chi connectivity index (χ0) is 17.8. The van der Waals surface area contributed by atoms with Crippen molar-refractivity contribution in [2.45, 2.75) is 43.8 Å².